The molecule has 0 aromatic heterocycles. The van der Waals surface area contributed by atoms with Crippen LogP contribution in [-0.2, 0) is 9.59 Å². The van der Waals surface area contributed by atoms with Gasteiger partial charge in [-0.25, -0.2) is 4.90 Å². The number of carbonyl (C=O) groups is 2. The average molecular weight is 412 g/mol. The second-order valence-electron chi connectivity index (χ2n) is 7.70. The number of benzene rings is 3. The number of hydrogen-bond donors (Lipinski definition) is 1. The number of carbonyl (C=O) groups excluding carboxylic acids is 2. The molecule has 156 valence electrons. The summed E-state index contributed by atoms with van der Waals surface area (Å²) < 4.78 is 5.20. The van der Waals surface area contributed by atoms with Gasteiger partial charge in [0.1, 0.15) is 11.4 Å². The van der Waals surface area contributed by atoms with E-state index in [1.807, 2.05) is 63.2 Å². The van der Waals surface area contributed by atoms with Crippen LogP contribution < -0.4 is 15.0 Å². The van der Waals surface area contributed by atoms with E-state index in [1.165, 1.54) is 4.90 Å². The number of hydrogen-bond acceptors (Lipinski definition) is 4. The van der Waals surface area contributed by atoms with Gasteiger partial charge in [-0.15, -0.1) is 0 Å². The number of amides is 2. The molecule has 4 rings (SSSR count). The number of imide groups is 1. The molecule has 1 aliphatic heterocycles. The fraction of sp³-hybridized carbons (Fsp3) is 0.154. The van der Waals surface area contributed by atoms with Crippen molar-refractivity contribution in [1.82, 2.24) is 0 Å². The number of methoxy groups -OCH3 is 1. The van der Waals surface area contributed by atoms with E-state index in [1.54, 1.807) is 31.4 Å². The first kappa shape index (κ1) is 20.4. The first-order chi connectivity index (χ1) is 14.9. The van der Waals surface area contributed by atoms with E-state index in [9.17, 15) is 9.59 Å². The fourth-order valence-electron chi connectivity index (χ4n) is 3.60. The Labute approximate surface area is 182 Å². The van der Waals surface area contributed by atoms with E-state index in [-0.39, 0.29) is 17.5 Å². The Kier molecular flexibility index (Phi) is 5.34. The number of aryl methyl sites for hydroxylation is 3. The van der Waals surface area contributed by atoms with Crippen molar-refractivity contribution in [3.05, 3.63) is 94.7 Å². The van der Waals surface area contributed by atoms with Crippen LogP contribution in [0.5, 0.6) is 5.75 Å². The Balaban J connectivity index is 1.82. The van der Waals surface area contributed by atoms with E-state index in [0.29, 0.717) is 22.6 Å². The van der Waals surface area contributed by atoms with Gasteiger partial charge in [-0.1, -0.05) is 42.0 Å². The van der Waals surface area contributed by atoms with Gasteiger partial charge in [0.25, 0.3) is 11.8 Å². The number of nitrogens with one attached hydrogen (secondary N) is 1. The number of rotatable bonds is 5. The van der Waals surface area contributed by atoms with Crippen molar-refractivity contribution in [1.29, 1.82) is 0 Å². The summed E-state index contributed by atoms with van der Waals surface area (Å²) in [6, 6.07) is 20.5. The lowest BCUT2D eigenvalue weighted by Crippen LogP contribution is -2.32. The van der Waals surface area contributed by atoms with Crippen LogP contribution in [0.1, 0.15) is 22.3 Å². The van der Waals surface area contributed by atoms with Gasteiger partial charge in [0.15, 0.2) is 0 Å². The first-order valence-electron chi connectivity index (χ1n) is 10.1. The van der Waals surface area contributed by atoms with Crippen molar-refractivity contribution >= 4 is 28.8 Å². The van der Waals surface area contributed by atoms with Gasteiger partial charge in [0, 0.05) is 5.69 Å². The standard InChI is InChI=1S/C26H24N2O3/c1-16-6-9-19(10-7-16)23-24(27-22-15-17(2)5-8-18(22)3)26(30)28(25(23)29)20-11-13-21(31-4)14-12-20/h5-15,27H,1-4H3. The third kappa shape index (κ3) is 3.82. The highest BCUT2D eigenvalue weighted by atomic mass is 16.5. The second kappa shape index (κ2) is 8.11. The average Bonchev–Trinajstić information content (AvgIpc) is 3.01. The first-order valence-corrected chi connectivity index (χ1v) is 10.1. The summed E-state index contributed by atoms with van der Waals surface area (Å²) in [7, 11) is 1.57. The molecule has 31 heavy (non-hydrogen) atoms. The third-order valence-electron chi connectivity index (χ3n) is 5.41. The molecule has 0 unspecified atom stereocenters. The Morgan fingerprint density at radius 3 is 2.06 bits per heavy atom. The highest BCUT2D eigenvalue weighted by Gasteiger charge is 2.40. The molecule has 0 spiro atoms. The van der Waals surface area contributed by atoms with E-state index in [2.05, 4.69) is 5.32 Å². The number of nitrogens with zero attached hydrogens (tertiary/aromatic N) is 1. The Bertz CT molecular complexity index is 1190. The highest BCUT2D eigenvalue weighted by Crippen LogP contribution is 2.35. The molecule has 0 saturated carbocycles. The molecule has 1 N–H and O–H groups in total. The lowest BCUT2D eigenvalue weighted by molar-refractivity contribution is -0.120. The van der Waals surface area contributed by atoms with Crippen molar-refractivity contribution in [3.8, 4) is 5.75 Å². The summed E-state index contributed by atoms with van der Waals surface area (Å²) >= 11 is 0. The molecule has 3 aromatic rings. The molecular formula is C26H24N2O3. The van der Waals surface area contributed by atoms with Gasteiger partial charge in [-0.2, -0.15) is 0 Å². The summed E-state index contributed by atoms with van der Waals surface area (Å²) in [5.41, 5.74) is 5.78. The normalized spacial score (nSPS) is 13.7. The summed E-state index contributed by atoms with van der Waals surface area (Å²) in [6.07, 6.45) is 0. The van der Waals surface area contributed by atoms with Gasteiger partial charge in [-0.05, 0) is 67.8 Å². The van der Waals surface area contributed by atoms with Crippen LogP contribution in [0.25, 0.3) is 5.57 Å². The molecule has 5 heteroatoms. The SMILES string of the molecule is COc1ccc(N2C(=O)C(Nc3cc(C)ccc3C)=C(c3ccc(C)cc3)C2=O)cc1. The third-order valence-corrected chi connectivity index (χ3v) is 5.41. The van der Waals surface area contributed by atoms with Crippen LogP contribution in [0.3, 0.4) is 0 Å². The maximum absolute atomic E-state index is 13.5. The van der Waals surface area contributed by atoms with Crippen molar-refractivity contribution in [3.63, 3.8) is 0 Å². The van der Waals surface area contributed by atoms with Gasteiger partial charge in [-0.3, -0.25) is 9.59 Å². The van der Waals surface area contributed by atoms with E-state index in [0.717, 1.165) is 22.4 Å². The second-order valence-corrected chi connectivity index (χ2v) is 7.70. The minimum Gasteiger partial charge on any atom is -0.497 e. The van der Waals surface area contributed by atoms with Gasteiger partial charge >= 0.3 is 0 Å². The van der Waals surface area contributed by atoms with E-state index >= 15 is 0 Å². The summed E-state index contributed by atoms with van der Waals surface area (Å²) in [5.74, 6) is -0.0817. The van der Waals surface area contributed by atoms with Gasteiger partial charge < -0.3 is 10.1 Å². The van der Waals surface area contributed by atoms with Crippen LogP contribution in [0.4, 0.5) is 11.4 Å². The molecule has 2 amide bonds. The summed E-state index contributed by atoms with van der Waals surface area (Å²) in [6.45, 7) is 5.94. The molecule has 1 aliphatic rings. The molecule has 5 nitrogen and oxygen atoms in total. The van der Waals surface area contributed by atoms with Crippen molar-refractivity contribution in [2.24, 2.45) is 0 Å². The zero-order valence-corrected chi connectivity index (χ0v) is 18.0. The maximum atomic E-state index is 13.5. The monoisotopic (exact) mass is 412 g/mol. The highest BCUT2D eigenvalue weighted by molar-refractivity contribution is 6.46. The van der Waals surface area contributed by atoms with Crippen molar-refractivity contribution in [2.75, 3.05) is 17.3 Å². The molecular weight excluding hydrogens is 388 g/mol. The van der Waals surface area contributed by atoms with Gasteiger partial charge in [0.2, 0.25) is 0 Å². The molecule has 0 atom stereocenters. The molecule has 0 bridgehead atoms. The molecule has 1 heterocycles. The van der Waals surface area contributed by atoms with Crippen LogP contribution in [0, 0.1) is 20.8 Å². The van der Waals surface area contributed by atoms with Crippen LogP contribution >= 0.6 is 0 Å². The quantitative estimate of drug-likeness (QED) is 0.598. The van der Waals surface area contributed by atoms with Gasteiger partial charge in [0.05, 0.1) is 18.4 Å². The lowest BCUT2D eigenvalue weighted by atomic mass is 10.0. The van der Waals surface area contributed by atoms with Crippen molar-refractivity contribution < 1.29 is 14.3 Å². The smallest absolute Gasteiger partial charge is 0.282 e. The molecule has 0 radical (unpaired) electrons. The van der Waals surface area contributed by atoms with Crippen LogP contribution in [0.2, 0.25) is 0 Å². The largest absolute Gasteiger partial charge is 0.497 e. The Morgan fingerprint density at radius 2 is 1.42 bits per heavy atom. The number of ether oxygens (including phenoxy) is 1. The van der Waals surface area contributed by atoms with E-state index < -0.39 is 0 Å². The zero-order chi connectivity index (χ0) is 22.1. The predicted octanol–water partition coefficient (Wildman–Crippen LogP) is 5.02. The molecule has 0 fully saturated rings. The summed E-state index contributed by atoms with van der Waals surface area (Å²) in [5, 5.41) is 3.26. The topological polar surface area (TPSA) is 58.6 Å². The molecule has 3 aromatic carbocycles. The van der Waals surface area contributed by atoms with Crippen molar-refractivity contribution in [2.45, 2.75) is 20.8 Å². The Morgan fingerprint density at radius 1 is 0.774 bits per heavy atom. The lowest BCUT2D eigenvalue weighted by Gasteiger charge is -2.16. The van der Waals surface area contributed by atoms with Crippen LogP contribution in [0.15, 0.2) is 72.4 Å². The minimum atomic E-state index is -0.383. The minimum absolute atomic E-state index is 0.276. The van der Waals surface area contributed by atoms with Crippen LogP contribution in [-0.4, -0.2) is 18.9 Å². The molecule has 0 aliphatic carbocycles. The fourth-order valence-corrected chi connectivity index (χ4v) is 3.60. The number of anilines is 2. The van der Waals surface area contributed by atoms with E-state index in [4.69, 9.17) is 4.74 Å². The maximum Gasteiger partial charge on any atom is 0.282 e. The molecule has 0 saturated heterocycles. The Hall–Kier alpha value is -3.86. The zero-order valence-electron chi connectivity index (χ0n) is 18.0. The predicted molar refractivity (Wildman–Crippen MR) is 123 cm³/mol. The summed E-state index contributed by atoms with van der Waals surface area (Å²) in [4.78, 5) is 28.2.